The molecular weight excluding hydrogens is 238 g/mol. The second-order valence-corrected chi connectivity index (χ2v) is 4.96. The second-order valence-electron chi connectivity index (χ2n) is 4.96. The Bertz CT molecular complexity index is 880. The van der Waals surface area contributed by atoms with E-state index < -0.39 is 0 Å². The quantitative estimate of drug-likeness (QED) is 0.623. The minimum absolute atomic E-state index is 0.164. The van der Waals surface area contributed by atoms with E-state index in [1.54, 1.807) is 4.57 Å². The number of aromatic nitrogens is 2. The molecule has 0 aliphatic carbocycles. The fraction of sp³-hybridized carbons (Fsp3) is 0.200. The van der Waals surface area contributed by atoms with Crippen molar-refractivity contribution in [2.24, 2.45) is 0 Å². The molecule has 1 aliphatic rings. The van der Waals surface area contributed by atoms with Gasteiger partial charge in [-0.05, 0) is 17.9 Å². The van der Waals surface area contributed by atoms with E-state index in [4.69, 9.17) is 0 Å². The molecule has 0 saturated carbocycles. The van der Waals surface area contributed by atoms with E-state index in [9.17, 15) is 4.79 Å². The molecule has 0 amide bonds. The molecule has 4 nitrogen and oxygen atoms in total. The van der Waals surface area contributed by atoms with E-state index >= 15 is 0 Å². The Labute approximate surface area is 109 Å². The SMILES string of the molecule is Cc1cc2ccccc2c2nc(=O)n3c(c12)NCC3. The minimum Gasteiger partial charge on any atom is -0.369 e. The molecule has 94 valence electrons. The van der Waals surface area contributed by atoms with Crippen LogP contribution in [-0.4, -0.2) is 16.1 Å². The summed E-state index contributed by atoms with van der Waals surface area (Å²) in [5, 5.41) is 6.54. The van der Waals surface area contributed by atoms with Gasteiger partial charge in [-0.15, -0.1) is 0 Å². The van der Waals surface area contributed by atoms with Crippen molar-refractivity contribution in [3.05, 3.63) is 46.4 Å². The molecular formula is C15H13N3O. The maximum Gasteiger partial charge on any atom is 0.349 e. The Balaban J connectivity index is 2.32. The van der Waals surface area contributed by atoms with Gasteiger partial charge >= 0.3 is 5.69 Å². The van der Waals surface area contributed by atoms with Gasteiger partial charge in [-0.25, -0.2) is 4.79 Å². The predicted octanol–water partition coefficient (Wildman–Crippen LogP) is 2.28. The van der Waals surface area contributed by atoms with Crippen LogP contribution < -0.4 is 11.0 Å². The number of nitrogens with zero attached hydrogens (tertiary/aromatic N) is 2. The summed E-state index contributed by atoms with van der Waals surface area (Å²) in [4.78, 5) is 16.4. The van der Waals surface area contributed by atoms with E-state index in [1.807, 2.05) is 18.2 Å². The maximum atomic E-state index is 12.1. The number of fused-ring (bicyclic) bond motifs is 5. The molecule has 0 radical (unpaired) electrons. The molecule has 19 heavy (non-hydrogen) atoms. The summed E-state index contributed by atoms with van der Waals surface area (Å²) >= 11 is 0. The van der Waals surface area contributed by atoms with Crippen LogP contribution in [0.15, 0.2) is 35.1 Å². The highest BCUT2D eigenvalue weighted by Gasteiger charge is 2.18. The van der Waals surface area contributed by atoms with Gasteiger partial charge < -0.3 is 5.32 Å². The molecule has 0 atom stereocenters. The zero-order chi connectivity index (χ0) is 13.0. The van der Waals surface area contributed by atoms with Gasteiger partial charge in [0.1, 0.15) is 5.82 Å². The van der Waals surface area contributed by atoms with Gasteiger partial charge in [0.15, 0.2) is 0 Å². The van der Waals surface area contributed by atoms with Crippen LogP contribution in [0.3, 0.4) is 0 Å². The van der Waals surface area contributed by atoms with Crippen molar-refractivity contribution >= 4 is 27.5 Å². The third kappa shape index (κ3) is 1.34. The topological polar surface area (TPSA) is 46.9 Å². The van der Waals surface area contributed by atoms with Gasteiger partial charge in [0.05, 0.1) is 5.52 Å². The lowest BCUT2D eigenvalue weighted by atomic mass is 10.0. The Hall–Kier alpha value is -2.36. The number of benzene rings is 2. The Morgan fingerprint density at radius 2 is 2.16 bits per heavy atom. The lowest BCUT2D eigenvalue weighted by Crippen LogP contribution is -2.21. The average molecular weight is 251 g/mol. The van der Waals surface area contributed by atoms with E-state index in [0.29, 0.717) is 6.54 Å². The van der Waals surface area contributed by atoms with Gasteiger partial charge in [-0.2, -0.15) is 4.98 Å². The molecule has 0 saturated heterocycles. The predicted molar refractivity (Wildman–Crippen MR) is 76.7 cm³/mol. The van der Waals surface area contributed by atoms with Crippen molar-refractivity contribution in [1.29, 1.82) is 0 Å². The van der Waals surface area contributed by atoms with Crippen LogP contribution in [0.1, 0.15) is 5.56 Å². The maximum absolute atomic E-state index is 12.1. The Kier molecular flexibility index (Phi) is 1.98. The molecule has 1 aliphatic heterocycles. The number of aryl methyl sites for hydroxylation is 1. The van der Waals surface area contributed by atoms with Crippen molar-refractivity contribution < 1.29 is 0 Å². The molecule has 4 heteroatoms. The summed E-state index contributed by atoms with van der Waals surface area (Å²) in [6, 6.07) is 10.2. The molecule has 0 unspecified atom stereocenters. The molecule has 0 fully saturated rings. The highest BCUT2D eigenvalue weighted by atomic mass is 16.1. The third-order valence-corrected chi connectivity index (χ3v) is 3.79. The molecule has 0 spiro atoms. The first-order valence-corrected chi connectivity index (χ1v) is 6.42. The lowest BCUT2D eigenvalue weighted by molar-refractivity contribution is 0.750. The highest BCUT2D eigenvalue weighted by Crippen LogP contribution is 2.32. The first-order chi connectivity index (χ1) is 9.25. The summed E-state index contributed by atoms with van der Waals surface area (Å²) < 4.78 is 1.73. The number of rotatable bonds is 0. The zero-order valence-corrected chi connectivity index (χ0v) is 10.6. The van der Waals surface area contributed by atoms with E-state index in [1.165, 1.54) is 0 Å². The Morgan fingerprint density at radius 3 is 3.05 bits per heavy atom. The molecule has 0 bridgehead atoms. The fourth-order valence-electron chi connectivity index (χ4n) is 2.94. The van der Waals surface area contributed by atoms with Gasteiger partial charge in [0.25, 0.3) is 0 Å². The van der Waals surface area contributed by atoms with Gasteiger partial charge in [0, 0.05) is 23.9 Å². The number of hydrogen-bond donors (Lipinski definition) is 1. The Morgan fingerprint density at radius 1 is 1.32 bits per heavy atom. The largest absolute Gasteiger partial charge is 0.369 e. The van der Waals surface area contributed by atoms with Crippen molar-refractivity contribution in [3.8, 4) is 0 Å². The summed E-state index contributed by atoms with van der Waals surface area (Å²) in [6.45, 7) is 3.56. The zero-order valence-electron chi connectivity index (χ0n) is 10.6. The van der Waals surface area contributed by atoms with Crippen molar-refractivity contribution in [1.82, 2.24) is 9.55 Å². The van der Waals surface area contributed by atoms with Gasteiger partial charge in [-0.1, -0.05) is 30.3 Å². The van der Waals surface area contributed by atoms with Crippen LogP contribution in [0.25, 0.3) is 21.7 Å². The smallest absolute Gasteiger partial charge is 0.349 e. The van der Waals surface area contributed by atoms with Gasteiger partial charge in [-0.3, -0.25) is 4.57 Å². The summed E-state index contributed by atoms with van der Waals surface area (Å²) in [7, 11) is 0. The van der Waals surface area contributed by atoms with Gasteiger partial charge in [0.2, 0.25) is 0 Å². The molecule has 1 aromatic heterocycles. The number of anilines is 1. The molecule has 2 aromatic carbocycles. The molecule has 3 aromatic rings. The fourth-order valence-corrected chi connectivity index (χ4v) is 2.94. The van der Waals surface area contributed by atoms with E-state index in [-0.39, 0.29) is 5.69 Å². The van der Waals surface area contributed by atoms with Crippen molar-refractivity contribution in [3.63, 3.8) is 0 Å². The van der Waals surface area contributed by atoms with Crippen LogP contribution in [0.2, 0.25) is 0 Å². The molecule has 1 N–H and O–H groups in total. The van der Waals surface area contributed by atoms with Crippen molar-refractivity contribution in [2.75, 3.05) is 11.9 Å². The number of nitrogens with one attached hydrogen (secondary N) is 1. The number of hydrogen-bond acceptors (Lipinski definition) is 3. The summed E-state index contributed by atoms with van der Waals surface area (Å²) in [6.07, 6.45) is 0. The minimum atomic E-state index is -0.164. The van der Waals surface area contributed by atoms with Crippen LogP contribution in [0, 0.1) is 6.92 Å². The standard InChI is InChI=1S/C15H13N3O/c1-9-8-10-4-2-3-5-11(10)13-12(9)14-16-6-7-18(14)15(19)17-13/h2-5,8,16H,6-7H2,1H3. The lowest BCUT2D eigenvalue weighted by Gasteiger charge is -2.11. The highest BCUT2D eigenvalue weighted by molar-refractivity contribution is 6.10. The van der Waals surface area contributed by atoms with Crippen LogP contribution in [0.4, 0.5) is 5.82 Å². The summed E-state index contributed by atoms with van der Waals surface area (Å²) in [5.74, 6) is 0.915. The normalized spacial score (nSPS) is 13.7. The summed E-state index contributed by atoms with van der Waals surface area (Å²) in [5.41, 5.74) is 1.80. The first-order valence-electron chi connectivity index (χ1n) is 6.42. The first kappa shape index (κ1) is 10.6. The van der Waals surface area contributed by atoms with E-state index in [0.717, 1.165) is 39.6 Å². The molecule has 4 rings (SSSR count). The second kappa shape index (κ2) is 3.57. The van der Waals surface area contributed by atoms with Crippen molar-refractivity contribution in [2.45, 2.75) is 13.5 Å². The van der Waals surface area contributed by atoms with E-state index in [2.05, 4.69) is 29.4 Å². The molecule has 2 heterocycles. The monoisotopic (exact) mass is 251 g/mol. The van der Waals surface area contributed by atoms with Crippen LogP contribution in [-0.2, 0) is 6.54 Å². The average Bonchev–Trinajstić information content (AvgIpc) is 2.88. The van der Waals surface area contributed by atoms with Crippen LogP contribution in [0.5, 0.6) is 0 Å². The third-order valence-electron chi connectivity index (χ3n) is 3.79. The van der Waals surface area contributed by atoms with Crippen LogP contribution >= 0.6 is 0 Å².